The number of nitrogens with zero attached hydrogens (tertiary/aromatic N) is 4. The highest BCUT2D eigenvalue weighted by atomic mass is 19.4. The molecule has 1 aromatic carbocycles. The molecular formula is C20H20F6N6O. The first-order valence-corrected chi connectivity index (χ1v) is 9.59. The highest BCUT2D eigenvalue weighted by molar-refractivity contribution is 5.93. The molecule has 0 aliphatic rings. The third-order valence-electron chi connectivity index (χ3n) is 4.89. The third kappa shape index (κ3) is 4.81. The molecule has 7 nitrogen and oxygen atoms in total. The second kappa shape index (κ2) is 8.12. The van der Waals surface area contributed by atoms with Crippen molar-refractivity contribution in [2.75, 3.05) is 10.4 Å². The van der Waals surface area contributed by atoms with Crippen molar-refractivity contribution in [3.05, 3.63) is 46.6 Å². The topological polar surface area (TPSA) is 89.1 Å². The van der Waals surface area contributed by atoms with Crippen LogP contribution >= 0.6 is 0 Å². The number of rotatable bonds is 4. The standard InChI is InChI=1S/C20H20F6N6O/c1-9(2)14-8-15(28-16-10(3)29-31(4)17(14)16)30-32(18(27)33)13-6-11(19(21,22)23)5-12(7-13)20(24,25)26/h5-9H,1-4H3,(H2,27,33)(H,28,30). The van der Waals surface area contributed by atoms with E-state index in [1.807, 2.05) is 13.8 Å². The predicted octanol–water partition coefficient (Wildman–Crippen LogP) is 5.35. The summed E-state index contributed by atoms with van der Waals surface area (Å²) in [5.41, 5.74) is 6.27. The summed E-state index contributed by atoms with van der Waals surface area (Å²) in [5.74, 6) is -0.0506. The van der Waals surface area contributed by atoms with Gasteiger partial charge >= 0.3 is 18.4 Å². The van der Waals surface area contributed by atoms with Crippen LogP contribution in [0.15, 0.2) is 24.3 Å². The van der Waals surface area contributed by atoms with Crippen molar-refractivity contribution in [2.45, 2.75) is 39.0 Å². The largest absolute Gasteiger partial charge is 0.416 e. The van der Waals surface area contributed by atoms with E-state index in [0.717, 1.165) is 5.56 Å². The second-order valence-corrected chi connectivity index (χ2v) is 7.71. The molecule has 0 saturated carbocycles. The van der Waals surface area contributed by atoms with E-state index in [9.17, 15) is 31.1 Å². The minimum atomic E-state index is -5.09. The summed E-state index contributed by atoms with van der Waals surface area (Å²) in [7, 11) is 1.72. The SMILES string of the molecule is Cc1nn(C)c2c(C(C)C)cc(NN(C(N)=O)c3cc(C(F)(F)F)cc(C(F)(F)F)c3)nc12. The zero-order valence-electron chi connectivity index (χ0n) is 17.9. The first-order chi connectivity index (χ1) is 15.1. The minimum Gasteiger partial charge on any atom is -0.350 e. The molecule has 178 valence electrons. The number of carbonyl (C=O) groups is 1. The highest BCUT2D eigenvalue weighted by Gasteiger charge is 2.38. The molecule has 0 fully saturated rings. The molecule has 0 unspecified atom stereocenters. The van der Waals surface area contributed by atoms with E-state index in [-0.39, 0.29) is 17.8 Å². The number of aryl methyl sites for hydroxylation is 2. The van der Waals surface area contributed by atoms with Gasteiger partial charge in [-0.15, -0.1) is 0 Å². The number of carbonyl (C=O) groups excluding carboxylic acids is 1. The van der Waals surface area contributed by atoms with Gasteiger partial charge in [-0.2, -0.15) is 31.4 Å². The summed E-state index contributed by atoms with van der Waals surface area (Å²) in [6.07, 6.45) is -10.2. The summed E-state index contributed by atoms with van der Waals surface area (Å²) in [4.78, 5) is 16.4. The number of nitrogens with two attached hydrogens (primary N) is 1. The zero-order chi connectivity index (χ0) is 24.9. The molecule has 3 rings (SSSR count). The maximum Gasteiger partial charge on any atom is 0.416 e. The summed E-state index contributed by atoms with van der Waals surface area (Å²) in [6, 6.07) is 0.943. The minimum absolute atomic E-state index is 0.00734. The number of hydrazine groups is 1. The van der Waals surface area contributed by atoms with Crippen LogP contribution in [-0.2, 0) is 19.4 Å². The lowest BCUT2D eigenvalue weighted by Gasteiger charge is -2.24. The van der Waals surface area contributed by atoms with Gasteiger partial charge in [-0.05, 0) is 42.7 Å². The number of alkyl halides is 6. The van der Waals surface area contributed by atoms with Gasteiger partial charge in [0.25, 0.3) is 0 Å². The summed E-state index contributed by atoms with van der Waals surface area (Å²) in [5, 5.41) is 4.68. The number of halogens is 6. The van der Waals surface area contributed by atoms with Crippen LogP contribution in [0.1, 0.15) is 42.1 Å². The van der Waals surface area contributed by atoms with Crippen LogP contribution in [0.2, 0.25) is 0 Å². The van der Waals surface area contributed by atoms with E-state index in [0.29, 0.717) is 33.9 Å². The molecular weight excluding hydrogens is 454 g/mol. The number of aromatic nitrogens is 3. The molecule has 33 heavy (non-hydrogen) atoms. The van der Waals surface area contributed by atoms with Crippen LogP contribution in [0.25, 0.3) is 11.0 Å². The van der Waals surface area contributed by atoms with E-state index in [2.05, 4.69) is 15.5 Å². The van der Waals surface area contributed by atoms with Crippen molar-refractivity contribution >= 4 is 28.6 Å². The quantitative estimate of drug-likeness (QED) is 0.394. The van der Waals surface area contributed by atoms with Gasteiger partial charge < -0.3 is 5.73 Å². The number of primary amides is 1. The van der Waals surface area contributed by atoms with Crippen LogP contribution in [0.3, 0.4) is 0 Å². The number of amides is 2. The van der Waals surface area contributed by atoms with Gasteiger partial charge in [0, 0.05) is 7.05 Å². The van der Waals surface area contributed by atoms with Gasteiger partial charge in [-0.1, -0.05) is 13.8 Å². The summed E-state index contributed by atoms with van der Waals surface area (Å²) in [6.45, 7) is 5.46. The van der Waals surface area contributed by atoms with Crippen LogP contribution < -0.4 is 16.2 Å². The van der Waals surface area contributed by atoms with Gasteiger partial charge in [0.05, 0.1) is 28.0 Å². The van der Waals surface area contributed by atoms with Gasteiger partial charge in [0.1, 0.15) is 11.3 Å². The summed E-state index contributed by atoms with van der Waals surface area (Å²) >= 11 is 0. The van der Waals surface area contributed by atoms with E-state index in [1.54, 1.807) is 18.7 Å². The lowest BCUT2D eigenvalue weighted by atomic mass is 10.0. The number of urea groups is 1. The molecule has 2 heterocycles. The predicted molar refractivity (Wildman–Crippen MR) is 109 cm³/mol. The summed E-state index contributed by atoms with van der Waals surface area (Å²) < 4.78 is 81.1. The molecule has 0 bridgehead atoms. The van der Waals surface area contributed by atoms with E-state index >= 15 is 0 Å². The van der Waals surface area contributed by atoms with Crippen molar-refractivity contribution in [3.63, 3.8) is 0 Å². The molecule has 0 aliphatic carbocycles. The van der Waals surface area contributed by atoms with Gasteiger partial charge in [-0.25, -0.2) is 14.8 Å². The lowest BCUT2D eigenvalue weighted by molar-refractivity contribution is -0.143. The average molecular weight is 474 g/mol. The molecule has 0 spiro atoms. The Labute approximate surface area is 184 Å². The fraction of sp³-hybridized carbons (Fsp3) is 0.350. The van der Waals surface area contributed by atoms with Crippen LogP contribution in [0.5, 0.6) is 0 Å². The Balaban J connectivity index is 2.17. The monoisotopic (exact) mass is 474 g/mol. The Morgan fingerprint density at radius 2 is 1.61 bits per heavy atom. The van der Waals surface area contributed by atoms with Gasteiger partial charge in [0.2, 0.25) is 0 Å². The van der Waals surface area contributed by atoms with Crippen molar-refractivity contribution < 1.29 is 31.1 Å². The van der Waals surface area contributed by atoms with E-state index in [4.69, 9.17) is 5.73 Å². The molecule has 0 atom stereocenters. The number of fused-ring (bicyclic) bond motifs is 1. The Hall–Kier alpha value is -3.51. The second-order valence-electron chi connectivity index (χ2n) is 7.71. The number of nitrogens with one attached hydrogen (secondary N) is 1. The maximum atomic E-state index is 13.2. The molecule has 0 aliphatic heterocycles. The first-order valence-electron chi connectivity index (χ1n) is 9.59. The Morgan fingerprint density at radius 1 is 1.06 bits per heavy atom. The Bertz CT molecular complexity index is 1180. The maximum absolute atomic E-state index is 13.2. The van der Waals surface area contributed by atoms with E-state index in [1.165, 1.54) is 6.07 Å². The van der Waals surface area contributed by atoms with E-state index < -0.39 is 35.2 Å². The van der Waals surface area contributed by atoms with Crippen LogP contribution in [0, 0.1) is 6.92 Å². The molecule has 3 aromatic rings. The van der Waals surface area contributed by atoms with Gasteiger partial charge in [-0.3, -0.25) is 10.1 Å². The molecule has 0 radical (unpaired) electrons. The fourth-order valence-corrected chi connectivity index (χ4v) is 3.40. The van der Waals surface area contributed by atoms with Crippen LogP contribution in [0.4, 0.5) is 42.6 Å². The third-order valence-corrected chi connectivity index (χ3v) is 4.89. The van der Waals surface area contributed by atoms with Crippen molar-refractivity contribution in [1.82, 2.24) is 14.8 Å². The molecule has 0 saturated heterocycles. The van der Waals surface area contributed by atoms with Crippen molar-refractivity contribution in [3.8, 4) is 0 Å². The lowest BCUT2D eigenvalue weighted by Crippen LogP contribution is -2.41. The molecule has 3 N–H and O–H groups in total. The average Bonchev–Trinajstić information content (AvgIpc) is 2.97. The fourth-order valence-electron chi connectivity index (χ4n) is 3.40. The number of benzene rings is 1. The number of hydrogen-bond acceptors (Lipinski definition) is 4. The number of pyridine rings is 1. The molecule has 13 heteroatoms. The highest BCUT2D eigenvalue weighted by Crippen LogP contribution is 2.38. The first kappa shape index (κ1) is 24.1. The molecule has 2 amide bonds. The number of hydrogen-bond donors (Lipinski definition) is 2. The Morgan fingerprint density at radius 3 is 2.06 bits per heavy atom. The number of anilines is 2. The zero-order valence-corrected chi connectivity index (χ0v) is 17.9. The van der Waals surface area contributed by atoms with Crippen molar-refractivity contribution in [2.24, 2.45) is 12.8 Å². The van der Waals surface area contributed by atoms with Gasteiger partial charge in [0.15, 0.2) is 0 Å². The Kier molecular flexibility index (Phi) is 5.94. The smallest absolute Gasteiger partial charge is 0.350 e. The van der Waals surface area contributed by atoms with Crippen molar-refractivity contribution in [1.29, 1.82) is 0 Å². The molecule has 2 aromatic heterocycles. The van der Waals surface area contributed by atoms with Crippen LogP contribution in [-0.4, -0.2) is 20.8 Å². The normalized spacial score (nSPS) is 12.5.